The number of carbonyl (C=O) groups is 1. The van der Waals surface area contributed by atoms with Gasteiger partial charge in [-0.05, 0) is 18.9 Å². The van der Waals surface area contributed by atoms with Crippen LogP contribution in [0.4, 0.5) is 0 Å². The van der Waals surface area contributed by atoms with E-state index < -0.39 is 18.1 Å². The van der Waals surface area contributed by atoms with E-state index in [0.717, 1.165) is 19.3 Å². The minimum absolute atomic E-state index is 0.279. The Balaban J connectivity index is 2.01. The van der Waals surface area contributed by atoms with Gasteiger partial charge < -0.3 is 15.5 Å². The molecule has 0 bridgehead atoms. The van der Waals surface area contributed by atoms with E-state index in [0.29, 0.717) is 17.0 Å². The van der Waals surface area contributed by atoms with Gasteiger partial charge in [-0.15, -0.1) is 0 Å². The molecule has 0 spiro atoms. The average molecular weight is 284 g/mol. The lowest BCUT2D eigenvalue weighted by molar-refractivity contribution is -0.131. The third-order valence-electron chi connectivity index (χ3n) is 3.51. The molecule has 2 rings (SSSR count). The molecule has 3 atom stereocenters. The number of halogens is 1. The van der Waals surface area contributed by atoms with Gasteiger partial charge in [0.1, 0.15) is 0 Å². The fourth-order valence-corrected chi connectivity index (χ4v) is 2.62. The Bertz CT molecular complexity index is 452. The maximum absolute atomic E-state index is 12.0. The summed E-state index contributed by atoms with van der Waals surface area (Å²) in [5.74, 6) is -0.515. The maximum atomic E-state index is 12.0. The van der Waals surface area contributed by atoms with E-state index in [2.05, 4.69) is 5.32 Å². The van der Waals surface area contributed by atoms with E-state index in [9.17, 15) is 15.0 Å². The normalized spacial score (nSPS) is 24.8. The molecule has 0 saturated heterocycles. The van der Waals surface area contributed by atoms with E-state index in [-0.39, 0.29) is 6.04 Å². The zero-order chi connectivity index (χ0) is 13.8. The summed E-state index contributed by atoms with van der Waals surface area (Å²) in [4.78, 5) is 12.0. The number of amides is 1. The van der Waals surface area contributed by atoms with E-state index in [4.69, 9.17) is 11.6 Å². The molecule has 4 nitrogen and oxygen atoms in total. The van der Waals surface area contributed by atoms with Crippen molar-refractivity contribution in [1.82, 2.24) is 5.32 Å². The van der Waals surface area contributed by atoms with Gasteiger partial charge in [0.15, 0.2) is 6.10 Å². The SMILES string of the molecule is O=C(NC1CCCCC1O)[C@H](O)c1ccccc1Cl. The van der Waals surface area contributed by atoms with Crippen LogP contribution in [0.2, 0.25) is 5.02 Å². The van der Waals surface area contributed by atoms with Gasteiger partial charge in [0.2, 0.25) is 0 Å². The van der Waals surface area contributed by atoms with E-state index in [1.807, 2.05) is 0 Å². The van der Waals surface area contributed by atoms with Crippen LogP contribution in [0.1, 0.15) is 37.4 Å². The monoisotopic (exact) mass is 283 g/mol. The summed E-state index contributed by atoms with van der Waals surface area (Å²) in [5, 5.41) is 22.9. The predicted octanol–water partition coefficient (Wildman–Crippen LogP) is 1.79. The topological polar surface area (TPSA) is 69.6 Å². The van der Waals surface area contributed by atoms with Crippen molar-refractivity contribution in [3.63, 3.8) is 0 Å². The smallest absolute Gasteiger partial charge is 0.253 e. The van der Waals surface area contributed by atoms with Gasteiger partial charge in [-0.2, -0.15) is 0 Å². The molecule has 3 N–H and O–H groups in total. The van der Waals surface area contributed by atoms with Crippen molar-refractivity contribution in [2.75, 3.05) is 0 Å². The van der Waals surface area contributed by atoms with Crippen LogP contribution >= 0.6 is 11.6 Å². The molecule has 0 aliphatic heterocycles. The third kappa shape index (κ3) is 3.47. The highest BCUT2D eigenvalue weighted by Gasteiger charge is 2.28. The van der Waals surface area contributed by atoms with Crippen molar-refractivity contribution in [3.05, 3.63) is 34.9 Å². The minimum Gasteiger partial charge on any atom is -0.391 e. The molecule has 0 heterocycles. The number of rotatable bonds is 3. The second-order valence-corrected chi connectivity index (χ2v) is 5.30. The van der Waals surface area contributed by atoms with Gasteiger partial charge >= 0.3 is 0 Å². The highest BCUT2D eigenvalue weighted by Crippen LogP contribution is 2.24. The molecule has 1 fully saturated rings. The molecule has 0 aromatic heterocycles. The number of hydrogen-bond donors (Lipinski definition) is 3. The van der Waals surface area contributed by atoms with Crippen LogP contribution in [0.5, 0.6) is 0 Å². The number of aliphatic hydroxyl groups excluding tert-OH is 2. The number of hydrogen-bond acceptors (Lipinski definition) is 3. The Labute approximate surface area is 117 Å². The summed E-state index contributed by atoms with van der Waals surface area (Å²) in [6.45, 7) is 0. The lowest BCUT2D eigenvalue weighted by atomic mass is 9.92. The maximum Gasteiger partial charge on any atom is 0.253 e. The Hall–Kier alpha value is -1.10. The van der Waals surface area contributed by atoms with E-state index in [1.165, 1.54) is 0 Å². The van der Waals surface area contributed by atoms with Gasteiger partial charge in [0.25, 0.3) is 5.91 Å². The molecule has 1 saturated carbocycles. The average Bonchev–Trinajstić information content (AvgIpc) is 2.41. The Morgan fingerprint density at radius 1 is 1.32 bits per heavy atom. The second-order valence-electron chi connectivity index (χ2n) is 4.89. The molecule has 2 unspecified atom stereocenters. The van der Waals surface area contributed by atoms with Crippen LogP contribution in [-0.2, 0) is 4.79 Å². The Morgan fingerprint density at radius 2 is 2.00 bits per heavy atom. The first-order chi connectivity index (χ1) is 9.09. The van der Waals surface area contributed by atoms with Gasteiger partial charge in [-0.3, -0.25) is 4.79 Å². The summed E-state index contributed by atoms with van der Waals surface area (Å²) in [6, 6.07) is 6.42. The first-order valence-electron chi connectivity index (χ1n) is 6.50. The number of benzene rings is 1. The zero-order valence-electron chi connectivity index (χ0n) is 10.6. The fraction of sp³-hybridized carbons (Fsp3) is 0.500. The van der Waals surface area contributed by atoms with Crippen molar-refractivity contribution in [2.45, 2.75) is 43.9 Å². The van der Waals surface area contributed by atoms with Crippen molar-refractivity contribution >= 4 is 17.5 Å². The van der Waals surface area contributed by atoms with Gasteiger partial charge in [0, 0.05) is 10.6 Å². The molecular formula is C14H18ClNO3. The summed E-state index contributed by atoms with van der Waals surface area (Å²) < 4.78 is 0. The molecular weight excluding hydrogens is 266 g/mol. The highest BCUT2D eigenvalue weighted by atomic mass is 35.5. The zero-order valence-corrected chi connectivity index (χ0v) is 11.3. The van der Waals surface area contributed by atoms with E-state index in [1.54, 1.807) is 24.3 Å². The van der Waals surface area contributed by atoms with Gasteiger partial charge in [0.05, 0.1) is 12.1 Å². The molecule has 104 valence electrons. The quantitative estimate of drug-likeness (QED) is 0.792. The summed E-state index contributed by atoms with van der Waals surface area (Å²) in [6.07, 6.45) is 1.54. The Kier molecular flexibility index (Phi) is 4.80. The van der Waals surface area contributed by atoms with Crippen molar-refractivity contribution in [1.29, 1.82) is 0 Å². The minimum atomic E-state index is -1.30. The molecule has 1 aromatic rings. The first kappa shape index (κ1) is 14.3. The van der Waals surface area contributed by atoms with Crippen LogP contribution in [-0.4, -0.2) is 28.3 Å². The summed E-state index contributed by atoms with van der Waals surface area (Å²) in [7, 11) is 0. The second kappa shape index (κ2) is 6.37. The molecule has 1 aliphatic rings. The molecule has 1 amide bonds. The van der Waals surface area contributed by atoms with Gasteiger partial charge in [-0.1, -0.05) is 42.6 Å². The molecule has 1 aromatic carbocycles. The van der Waals surface area contributed by atoms with Crippen LogP contribution < -0.4 is 5.32 Å². The van der Waals surface area contributed by atoms with Crippen molar-refractivity contribution < 1.29 is 15.0 Å². The van der Waals surface area contributed by atoms with Gasteiger partial charge in [-0.25, -0.2) is 0 Å². The Morgan fingerprint density at radius 3 is 2.68 bits per heavy atom. The van der Waals surface area contributed by atoms with Crippen molar-refractivity contribution in [3.8, 4) is 0 Å². The fourth-order valence-electron chi connectivity index (χ4n) is 2.38. The largest absolute Gasteiger partial charge is 0.391 e. The predicted molar refractivity (Wildman–Crippen MR) is 72.8 cm³/mol. The molecule has 0 radical (unpaired) electrons. The van der Waals surface area contributed by atoms with E-state index >= 15 is 0 Å². The third-order valence-corrected chi connectivity index (χ3v) is 3.85. The standard InChI is InChI=1S/C14H18ClNO3/c15-10-6-2-1-5-9(10)13(18)14(19)16-11-7-3-4-8-12(11)17/h1-2,5-6,11-13,17-18H,3-4,7-8H2,(H,16,19)/t11?,12?,13-/m1/s1. The number of carbonyl (C=O) groups excluding carboxylic acids is 1. The molecule has 5 heteroatoms. The lowest BCUT2D eigenvalue weighted by Gasteiger charge is -2.29. The number of aliphatic hydroxyl groups is 2. The summed E-state index contributed by atoms with van der Waals surface area (Å²) in [5.41, 5.74) is 0.381. The first-order valence-corrected chi connectivity index (χ1v) is 6.88. The van der Waals surface area contributed by atoms with Crippen LogP contribution in [0.25, 0.3) is 0 Å². The van der Waals surface area contributed by atoms with Crippen LogP contribution in [0.3, 0.4) is 0 Å². The highest BCUT2D eigenvalue weighted by molar-refractivity contribution is 6.31. The number of nitrogens with one attached hydrogen (secondary N) is 1. The van der Waals surface area contributed by atoms with Crippen LogP contribution in [0, 0.1) is 0 Å². The molecule has 19 heavy (non-hydrogen) atoms. The van der Waals surface area contributed by atoms with Crippen molar-refractivity contribution in [2.24, 2.45) is 0 Å². The summed E-state index contributed by atoms with van der Waals surface area (Å²) >= 11 is 5.95. The lowest BCUT2D eigenvalue weighted by Crippen LogP contribution is -2.46. The molecule has 1 aliphatic carbocycles. The van der Waals surface area contributed by atoms with Crippen LogP contribution in [0.15, 0.2) is 24.3 Å².